The van der Waals surface area contributed by atoms with Crippen LogP contribution in [0.3, 0.4) is 0 Å². The number of ether oxygens (including phenoxy) is 1. The zero-order valence-corrected chi connectivity index (χ0v) is 21.2. The zero-order valence-electron chi connectivity index (χ0n) is 21.2. The quantitative estimate of drug-likeness (QED) is 0.391. The summed E-state index contributed by atoms with van der Waals surface area (Å²) in [5.74, 6) is -1.75. The minimum absolute atomic E-state index is 0.0613. The van der Waals surface area contributed by atoms with E-state index < -0.39 is 35.7 Å². The third-order valence-electron chi connectivity index (χ3n) is 6.99. The van der Waals surface area contributed by atoms with E-state index in [1.54, 1.807) is 0 Å². The third kappa shape index (κ3) is 5.54. The Morgan fingerprint density at radius 3 is 2.54 bits per heavy atom. The van der Waals surface area contributed by atoms with Gasteiger partial charge in [-0.2, -0.15) is 0 Å². The van der Waals surface area contributed by atoms with Crippen molar-refractivity contribution >= 4 is 11.9 Å². The van der Waals surface area contributed by atoms with E-state index in [0.29, 0.717) is 29.7 Å². The third-order valence-corrected chi connectivity index (χ3v) is 6.99. The Balaban J connectivity index is 1.84. The molecule has 0 unspecified atom stereocenters. The van der Waals surface area contributed by atoms with Gasteiger partial charge in [0.05, 0.1) is 24.3 Å². The van der Waals surface area contributed by atoms with Crippen LogP contribution in [0.2, 0.25) is 0 Å². The number of aromatic hydroxyl groups is 1. The van der Waals surface area contributed by atoms with E-state index in [9.17, 15) is 30.0 Å². The molecule has 8 nitrogen and oxygen atoms in total. The van der Waals surface area contributed by atoms with E-state index in [2.05, 4.69) is 32.9 Å². The first-order valence-electron chi connectivity index (χ1n) is 12.1. The second-order valence-corrected chi connectivity index (χ2v) is 10.2. The second-order valence-electron chi connectivity index (χ2n) is 10.2. The second kappa shape index (κ2) is 10.4. The number of carbonyl (C=O) groups excluding carboxylic acids is 1. The molecule has 3 rings (SSSR count). The fourth-order valence-corrected chi connectivity index (χ4v) is 4.85. The first kappa shape index (κ1) is 26.8. The summed E-state index contributed by atoms with van der Waals surface area (Å²) in [5, 5.41) is 41.0. The molecule has 4 atom stereocenters. The van der Waals surface area contributed by atoms with Crippen LogP contribution in [0, 0.1) is 0 Å². The Morgan fingerprint density at radius 2 is 1.94 bits per heavy atom. The van der Waals surface area contributed by atoms with Gasteiger partial charge in [-0.25, -0.2) is 4.79 Å². The molecular formula is C27H37NO7. The number of rotatable bonds is 9. The number of carboxylic acids is 1. The van der Waals surface area contributed by atoms with Crippen LogP contribution in [0.5, 0.6) is 11.5 Å². The highest BCUT2D eigenvalue weighted by Gasteiger charge is 2.46. The lowest BCUT2D eigenvalue weighted by molar-refractivity contribution is -0.146. The van der Waals surface area contributed by atoms with Crippen LogP contribution < -0.4 is 4.74 Å². The fourth-order valence-electron chi connectivity index (χ4n) is 4.85. The highest BCUT2D eigenvalue weighted by Crippen LogP contribution is 2.46. The number of phenolic OH excluding ortho intramolecular Hbond substituents is 1. The number of carboxylic acid groups (broad SMARTS) is 1. The number of nitrogens with zero attached hydrogens (tertiary/aromatic N) is 1. The molecule has 2 aliphatic rings. The molecule has 0 saturated carbocycles. The van der Waals surface area contributed by atoms with Gasteiger partial charge in [-0.1, -0.05) is 23.3 Å². The molecule has 0 radical (unpaired) electrons. The lowest BCUT2D eigenvalue weighted by Crippen LogP contribution is -2.49. The van der Waals surface area contributed by atoms with Crippen LogP contribution in [0.1, 0.15) is 81.8 Å². The van der Waals surface area contributed by atoms with Crippen LogP contribution in [-0.4, -0.2) is 61.1 Å². The van der Waals surface area contributed by atoms with Gasteiger partial charge in [0.1, 0.15) is 17.1 Å². The molecule has 0 spiro atoms. The van der Waals surface area contributed by atoms with Crippen LogP contribution >= 0.6 is 0 Å². The minimum atomic E-state index is -1.42. The van der Waals surface area contributed by atoms with Crippen LogP contribution in [-0.2, 0) is 17.8 Å². The number of aliphatic carboxylic acids is 1. The van der Waals surface area contributed by atoms with Gasteiger partial charge in [0.15, 0.2) is 6.04 Å². The SMILES string of the molecule is CC(C)=CCC/C(C)=C/CC[C@]1(C)Oc2c(c(O)cc3c2CN([C@H](C(=O)O)[C@@H](C)O)C3=O)C[C@@H]1O. The molecular weight excluding hydrogens is 450 g/mol. The monoisotopic (exact) mass is 487 g/mol. The Morgan fingerprint density at radius 1 is 1.26 bits per heavy atom. The van der Waals surface area contributed by atoms with Gasteiger partial charge < -0.3 is 30.1 Å². The first-order valence-corrected chi connectivity index (χ1v) is 12.1. The number of amides is 1. The summed E-state index contributed by atoms with van der Waals surface area (Å²) in [6.07, 6.45) is 5.52. The lowest BCUT2D eigenvalue weighted by atomic mass is 9.84. The number of benzene rings is 1. The van der Waals surface area contributed by atoms with Crippen LogP contribution in [0.4, 0.5) is 0 Å². The van der Waals surface area contributed by atoms with Crippen molar-refractivity contribution in [2.45, 2.75) is 97.1 Å². The molecule has 4 N–H and O–H groups in total. The molecule has 1 amide bonds. The lowest BCUT2D eigenvalue weighted by Gasteiger charge is -2.41. The molecule has 1 aromatic rings. The Hall–Kier alpha value is -2.84. The predicted octanol–water partition coefficient (Wildman–Crippen LogP) is 3.71. The first-order chi connectivity index (χ1) is 16.4. The van der Waals surface area contributed by atoms with E-state index in [4.69, 9.17) is 4.74 Å². The maximum Gasteiger partial charge on any atom is 0.329 e. The van der Waals surface area contributed by atoms with Gasteiger partial charge >= 0.3 is 5.97 Å². The van der Waals surface area contributed by atoms with E-state index in [1.165, 1.54) is 24.1 Å². The van der Waals surface area contributed by atoms with Crippen molar-refractivity contribution in [3.63, 3.8) is 0 Å². The number of aliphatic hydroxyl groups is 2. The number of aliphatic hydroxyl groups excluding tert-OH is 2. The number of allylic oxidation sites excluding steroid dienone is 4. The number of fused-ring (bicyclic) bond motifs is 3. The number of carbonyl (C=O) groups is 2. The normalized spacial score (nSPS) is 23.3. The van der Waals surface area contributed by atoms with E-state index in [-0.39, 0.29) is 24.3 Å². The van der Waals surface area contributed by atoms with Crippen LogP contribution in [0.15, 0.2) is 29.4 Å². The summed E-state index contributed by atoms with van der Waals surface area (Å²) in [5.41, 5.74) is 2.63. The molecule has 2 aliphatic heterocycles. The van der Waals surface area contributed by atoms with E-state index >= 15 is 0 Å². The number of phenols is 1. The smallest absolute Gasteiger partial charge is 0.329 e. The van der Waals surface area contributed by atoms with Crippen molar-refractivity contribution in [3.05, 3.63) is 46.1 Å². The summed E-state index contributed by atoms with van der Waals surface area (Å²) in [6, 6.07) is -0.123. The summed E-state index contributed by atoms with van der Waals surface area (Å²) in [4.78, 5) is 25.8. The topological polar surface area (TPSA) is 128 Å². The van der Waals surface area contributed by atoms with Crippen molar-refractivity contribution in [1.82, 2.24) is 4.90 Å². The molecule has 2 heterocycles. The maximum absolute atomic E-state index is 13.0. The standard InChI is InChI=1S/C27H37NO7/c1-15(2)8-6-9-16(3)10-7-11-27(5)22(31)13-19-21(30)12-18-20(24(19)35-27)14-28(25(18)32)23(17(4)29)26(33)34/h8,10,12,17,22-23,29-31H,6-7,9,11,13-14H2,1-5H3,(H,33,34)/b16-10+/t17-,22+,23+,27+/m1/s1. The number of hydrogen-bond acceptors (Lipinski definition) is 6. The maximum atomic E-state index is 13.0. The highest BCUT2D eigenvalue weighted by molar-refractivity contribution is 6.02. The highest BCUT2D eigenvalue weighted by atomic mass is 16.5. The molecule has 0 saturated heterocycles. The summed E-state index contributed by atoms with van der Waals surface area (Å²) in [7, 11) is 0. The van der Waals surface area contributed by atoms with Crippen molar-refractivity contribution in [2.75, 3.05) is 0 Å². The summed E-state index contributed by atoms with van der Waals surface area (Å²) < 4.78 is 6.31. The molecule has 192 valence electrons. The average molecular weight is 488 g/mol. The minimum Gasteiger partial charge on any atom is -0.508 e. The van der Waals surface area contributed by atoms with Gasteiger partial charge in [-0.05, 0) is 66.4 Å². The van der Waals surface area contributed by atoms with Gasteiger partial charge in [-0.3, -0.25) is 4.79 Å². The largest absolute Gasteiger partial charge is 0.508 e. The summed E-state index contributed by atoms with van der Waals surface area (Å²) >= 11 is 0. The van der Waals surface area contributed by atoms with Crippen molar-refractivity contribution in [3.8, 4) is 11.5 Å². The molecule has 0 bridgehead atoms. The molecule has 8 heteroatoms. The Bertz CT molecular complexity index is 1050. The predicted molar refractivity (Wildman–Crippen MR) is 131 cm³/mol. The molecule has 0 fully saturated rings. The fraction of sp³-hybridized carbons (Fsp3) is 0.556. The van der Waals surface area contributed by atoms with Gasteiger partial charge in [0, 0.05) is 17.5 Å². The molecule has 1 aromatic carbocycles. The van der Waals surface area contributed by atoms with Gasteiger partial charge in [0.2, 0.25) is 0 Å². The van der Waals surface area contributed by atoms with E-state index in [0.717, 1.165) is 17.7 Å². The average Bonchev–Trinajstić information content (AvgIpc) is 3.05. The van der Waals surface area contributed by atoms with Crippen LogP contribution in [0.25, 0.3) is 0 Å². The van der Waals surface area contributed by atoms with Crippen molar-refractivity contribution in [2.24, 2.45) is 0 Å². The van der Waals surface area contributed by atoms with E-state index in [1.807, 2.05) is 6.92 Å². The molecule has 35 heavy (non-hydrogen) atoms. The van der Waals surface area contributed by atoms with Crippen molar-refractivity contribution in [1.29, 1.82) is 0 Å². The molecule has 0 aromatic heterocycles. The Kier molecular flexibility index (Phi) is 7.97. The van der Waals surface area contributed by atoms with Crippen molar-refractivity contribution < 1.29 is 34.8 Å². The summed E-state index contributed by atoms with van der Waals surface area (Å²) in [6.45, 7) is 9.31. The number of hydrogen-bond donors (Lipinski definition) is 4. The zero-order chi connectivity index (χ0) is 26.1. The molecule has 0 aliphatic carbocycles. The van der Waals surface area contributed by atoms with Gasteiger partial charge in [0.25, 0.3) is 5.91 Å². The van der Waals surface area contributed by atoms with Gasteiger partial charge in [-0.15, -0.1) is 0 Å². The Labute approximate surface area is 206 Å².